The summed E-state index contributed by atoms with van der Waals surface area (Å²) in [5.41, 5.74) is 8.51. The van der Waals surface area contributed by atoms with Gasteiger partial charge in [-0.1, -0.05) is 37.6 Å². The summed E-state index contributed by atoms with van der Waals surface area (Å²) in [6.07, 6.45) is 4.05. The van der Waals surface area contributed by atoms with Crippen LogP contribution < -0.4 is 5.73 Å². The van der Waals surface area contributed by atoms with Crippen molar-refractivity contribution in [2.24, 2.45) is 11.7 Å². The van der Waals surface area contributed by atoms with Gasteiger partial charge in [0.15, 0.2) is 0 Å². The second kappa shape index (κ2) is 7.65. The Labute approximate surface area is 127 Å². The molecule has 2 unspecified atom stereocenters. The van der Waals surface area contributed by atoms with Crippen LogP contribution >= 0.6 is 12.4 Å². The van der Waals surface area contributed by atoms with Gasteiger partial charge >= 0.3 is 0 Å². The van der Waals surface area contributed by atoms with Crippen LogP contribution in [0, 0.1) is 5.92 Å². The molecular formula is C16H25ClN2O. The minimum atomic E-state index is 0. The molecule has 1 aliphatic carbocycles. The number of rotatable bonds is 4. The summed E-state index contributed by atoms with van der Waals surface area (Å²) in [7, 11) is 1.88. The van der Waals surface area contributed by atoms with Gasteiger partial charge in [0.25, 0.3) is 0 Å². The van der Waals surface area contributed by atoms with E-state index >= 15 is 0 Å². The topological polar surface area (TPSA) is 46.3 Å². The SMILES string of the molecule is CCc1ccc(CN(C)C(=O)C2CCCC2N)cc1.Cl. The number of aryl methyl sites for hydroxylation is 1. The average Bonchev–Trinajstić information content (AvgIpc) is 2.85. The van der Waals surface area contributed by atoms with Gasteiger partial charge in [-0.05, 0) is 30.4 Å². The number of amides is 1. The van der Waals surface area contributed by atoms with E-state index in [1.807, 2.05) is 11.9 Å². The second-order valence-corrected chi connectivity index (χ2v) is 5.57. The van der Waals surface area contributed by atoms with E-state index in [4.69, 9.17) is 5.73 Å². The molecule has 112 valence electrons. The van der Waals surface area contributed by atoms with Crippen molar-refractivity contribution in [3.8, 4) is 0 Å². The largest absolute Gasteiger partial charge is 0.341 e. The third kappa shape index (κ3) is 3.97. The molecule has 1 aromatic carbocycles. The minimum Gasteiger partial charge on any atom is -0.341 e. The molecule has 0 aromatic heterocycles. The lowest BCUT2D eigenvalue weighted by Crippen LogP contribution is -2.39. The summed E-state index contributed by atoms with van der Waals surface area (Å²) in [5, 5.41) is 0. The van der Waals surface area contributed by atoms with E-state index in [0.29, 0.717) is 6.54 Å². The van der Waals surface area contributed by atoms with Gasteiger partial charge in [-0.2, -0.15) is 0 Å². The Hall–Kier alpha value is -1.06. The first-order chi connectivity index (χ1) is 9.11. The molecule has 0 radical (unpaired) electrons. The van der Waals surface area contributed by atoms with Crippen molar-refractivity contribution >= 4 is 18.3 Å². The number of hydrogen-bond donors (Lipinski definition) is 1. The van der Waals surface area contributed by atoms with Crippen LogP contribution in [-0.2, 0) is 17.8 Å². The van der Waals surface area contributed by atoms with Gasteiger partial charge in [0, 0.05) is 19.6 Å². The van der Waals surface area contributed by atoms with Crippen molar-refractivity contribution in [2.45, 2.75) is 45.2 Å². The summed E-state index contributed by atoms with van der Waals surface area (Å²) in [4.78, 5) is 14.1. The van der Waals surface area contributed by atoms with Crippen molar-refractivity contribution in [2.75, 3.05) is 7.05 Å². The molecule has 1 saturated carbocycles. The molecule has 1 aromatic rings. The fourth-order valence-electron chi connectivity index (χ4n) is 2.81. The highest BCUT2D eigenvalue weighted by molar-refractivity contribution is 5.85. The van der Waals surface area contributed by atoms with Crippen molar-refractivity contribution < 1.29 is 4.79 Å². The molecule has 1 fully saturated rings. The van der Waals surface area contributed by atoms with Gasteiger partial charge in [0.1, 0.15) is 0 Å². The van der Waals surface area contributed by atoms with Crippen LogP contribution in [0.4, 0.5) is 0 Å². The molecule has 2 rings (SSSR count). The van der Waals surface area contributed by atoms with E-state index in [1.165, 1.54) is 11.1 Å². The zero-order valence-electron chi connectivity index (χ0n) is 12.3. The molecule has 20 heavy (non-hydrogen) atoms. The maximum Gasteiger partial charge on any atom is 0.227 e. The van der Waals surface area contributed by atoms with Crippen LogP contribution in [-0.4, -0.2) is 23.9 Å². The number of nitrogens with two attached hydrogens (primary N) is 1. The zero-order valence-corrected chi connectivity index (χ0v) is 13.2. The Bertz CT molecular complexity index is 433. The van der Waals surface area contributed by atoms with Crippen LogP contribution in [0.1, 0.15) is 37.3 Å². The van der Waals surface area contributed by atoms with Gasteiger partial charge in [0.05, 0.1) is 5.92 Å². The van der Waals surface area contributed by atoms with Crippen LogP contribution in [0.3, 0.4) is 0 Å². The molecule has 2 atom stereocenters. The van der Waals surface area contributed by atoms with Crippen molar-refractivity contribution in [3.63, 3.8) is 0 Å². The molecule has 0 bridgehead atoms. The Kier molecular flexibility index (Phi) is 6.50. The van der Waals surface area contributed by atoms with Crippen LogP contribution in [0.5, 0.6) is 0 Å². The molecule has 0 aliphatic heterocycles. The van der Waals surface area contributed by atoms with Gasteiger partial charge in [-0.3, -0.25) is 4.79 Å². The van der Waals surface area contributed by atoms with E-state index in [9.17, 15) is 4.79 Å². The number of carbonyl (C=O) groups is 1. The molecule has 1 amide bonds. The van der Waals surface area contributed by atoms with Crippen molar-refractivity contribution in [3.05, 3.63) is 35.4 Å². The summed E-state index contributed by atoms with van der Waals surface area (Å²) in [5.74, 6) is 0.226. The lowest BCUT2D eigenvalue weighted by atomic mass is 10.0. The summed E-state index contributed by atoms with van der Waals surface area (Å²) < 4.78 is 0. The molecule has 0 heterocycles. The Balaban J connectivity index is 0.00000200. The van der Waals surface area contributed by atoms with Crippen molar-refractivity contribution in [1.29, 1.82) is 0 Å². The van der Waals surface area contributed by atoms with E-state index in [-0.39, 0.29) is 30.3 Å². The summed E-state index contributed by atoms with van der Waals surface area (Å²) in [6.45, 7) is 2.82. The lowest BCUT2D eigenvalue weighted by Gasteiger charge is -2.23. The third-order valence-electron chi connectivity index (χ3n) is 4.11. The molecule has 0 spiro atoms. The number of nitrogens with zero attached hydrogens (tertiary/aromatic N) is 1. The number of carbonyl (C=O) groups excluding carboxylic acids is 1. The predicted octanol–water partition coefficient (Wildman–Crippen LogP) is 2.76. The number of hydrogen-bond acceptors (Lipinski definition) is 2. The molecule has 3 nitrogen and oxygen atoms in total. The maximum atomic E-state index is 12.3. The highest BCUT2D eigenvalue weighted by atomic mass is 35.5. The maximum absolute atomic E-state index is 12.3. The number of halogens is 1. The monoisotopic (exact) mass is 296 g/mol. The quantitative estimate of drug-likeness (QED) is 0.928. The fourth-order valence-corrected chi connectivity index (χ4v) is 2.81. The van der Waals surface area contributed by atoms with E-state index < -0.39 is 0 Å². The first-order valence-electron chi connectivity index (χ1n) is 7.20. The fraction of sp³-hybridized carbons (Fsp3) is 0.562. The zero-order chi connectivity index (χ0) is 13.8. The predicted molar refractivity (Wildman–Crippen MR) is 84.9 cm³/mol. The first-order valence-corrected chi connectivity index (χ1v) is 7.20. The standard InChI is InChI=1S/C16H24N2O.ClH/c1-3-12-7-9-13(10-8-12)11-18(2)16(19)14-5-4-6-15(14)17;/h7-10,14-15H,3-6,11,17H2,1-2H3;1H. The van der Waals surface area contributed by atoms with Gasteiger partial charge in [-0.25, -0.2) is 0 Å². The second-order valence-electron chi connectivity index (χ2n) is 5.57. The molecule has 0 saturated heterocycles. The normalized spacial score (nSPS) is 21.4. The van der Waals surface area contributed by atoms with Gasteiger partial charge < -0.3 is 10.6 Å². The summed E-state index contributed by atoms with van der Waals surface area (Å²) >= 11 is 0. The van der Waals surface area contributed by atoms with E-state index in [2.05, 4.69) is 31.2 Å². The Morgan fingerprint density at radius 1 is 1.25 bits per heavy atom. The average molecular weight is 297 g/mol. The molecule has 2 N–H and O–H groups in total. The Morgan fingerprint density at radius 2 is 1.85 bits per heavy atom. The van der Waals surface area contributed by atoms with Crippen LogP contribution in [0.25, 0.3) is 0 Å². The van der Waals surface area contributed by atoms with Crippen molar-refractivity contribution in [1.82, 2.24) is 4.90 Å². The molecule has 1 aliphatic rings. The first kappa shape index (κ1) is 17.0. The van der Waals surface area contributed by atoms with Gasteiger partial charge in [0.2, 0.25) is 5.91 Å². The third-order valence-corrected chi connectivity index (χ3v) is 4.11. The lowest BCUT2D eigenvalue weighted by molar-refractivity contribution is -0.134. The molecular weight excluding hydrogens is 272 g/mol. The highest BCUT2D eigenvalue weighted by Crippen LogP contribution is 2.26. The Morgan fingerprint density at radius 3 is 2.35 bits per heavy atom. The summed E-state index contributed by atoms with van der Waals surface area (Å²) in [6, 6.07) is 8.54. The van der Waals surface area contributed by atoms with Gasteiger partial charge in [-0.15, -0.1) is 12.4 Å². The number of benzene rings is 1. The van der Waals surface area contributed by atoms with E-state index in [0.717, 1.165) is 25.7 Å². The van der Waals surface area contributed by atoms with Crippen LogP contribution in [0.15, 0.2) is 24.3 Å². The smallest absolute Gasteiger partial charge is 0.227 e. The minimum absolute atomic E-state index is 0. The van der Waals surface area contributed by atoms with Crippen LogP contribution in [0.2, 0.25) is 0 Å². The molecule has 4 heteroatoms. The highest BCUT2D eigenvalue weighted by Gasteiger charge is 2.32. The van der Waals surface area contributed by atoms with E-state index in [1.54, 1.807) is 0 Å².